The van der Waals surface area contributed by atoms with Crippen molar-refractivity contribution in [3.63, 3.8) is 0 Å². The van der Waals surface area contributed by atoms with E-state index in [2.05, 4.69) is 26.6 Å². The summed E-state index contributed by atoms with van der Waals surface area (Å²) in [4.78, 5) is 72.9. The number of phenolic OH excluding ortho intramolecular Hbond substituents is 1. The predicted molar refractivity (Wildman–Crippen MR) is 185 cm³/mol. The quantitative estimate of drug-likeness (QED) is 0.0824. The van der Waals surface area contributed by atoms with Crippen LogP contribution >= 0.6 is 0 Å². The standard InChI is InChI=1S/C35H33N5O11/c1-3-50-30-25(15-13-23(28(30)43)34(47)40-26-16-14-24(35(48)49)29(44)31(26)51-4-2)39-33(46)20-7-11-22(12-8-20)38-27(42)17-36-32(45)19-5-9-21(10-6-19)37-18-41/h5-16,18,43-44H,3-4,17H2,1-2H3,(H,36,45)(H,37,41)(H,38,42)(H,39,46)(H,40,47)(H,48,49). The first-order valence-corrected chi connectivity index (χ1v) is 15.3. The monoisotopic (exact) mass is 699 g/mol. The van der Waals surface area contributed by atoms with E-state index in [1.165, 1.54) is 66.7 Å². The Kier molecular flexibility index (Phi) is 12.1. The average Bonchev–Trinajstić information content (AvgIpc) is 3.11. The summed E-state index contributed by atoms with van der Waals surface area (Å²) in [6, 6.07) is 16.7. The zero-order valence-electron chi connectivity index (χ0n) is 27.2. The van der Waals surface area contributed by atoms with E-state index >= 15 is 0 Å². The van der Waals surface area contributed by atoms with Gasteiger partial charge in [0.25, 0.3) is 17.7 Å². The van der Waals surface area contributed by atoms with Gasteiger partial charge in [0.2, 0.25) is 12.3 Å². The Labute approximate surface area is 290 Å². The maximum absolute atomic E-state index is 13.2. The summed E-state index contributed by atoms with van der Waals surface area (Å²) < 4.78 is 10.9. The molecular weight excluding hydrogens is 666 g/mol. The van der Waals surface area contributed by atoms with Gasteiger partial charge >= 0.3 is 5.97 Å². The van der Waals surface area contributed by atoms with E-state index < -0.39 is 46.7 Å². The Bertz CT molecular complexity index is 1960. The number of aromatic carboxylic acids is 1. The normalized spacial score (nSPS) is 10.3. The second-order valence-electron chi connectivity index (χ2n) is 10.4. The van der Waals surface area contributed by atoms with Crippen molar-refractivity contribution in [1.82, 2.24) is 5.32 Å². The van der Waals surface area contributed by atoms with Gasteiger partial charge in [0.1, 0.15) is 5.56 Å². The molecule has 8 N–H and O–H groups in total. The lowest BCUT2D eigenvalue weighted by Crippen LogP contribution is -2.32. The first-order chi connectivity index (χ1) is 24.5. The van der Waals surface area contributed by atoms with Crippen LogP contribution in [0.25, 0.3) is 0 Å². The minimum Gasteiger partial charge on any atom is -0.504 e. The molecule has 4 aromatic rings. The Morgan fingerprint density at radius 2 is 1.12 bits per heavy atom. The molecule has 0 radical (unpaired) electrons. The van der Waals surface area contributed by atoms with Crippen LogP contribution in [-0.2, 0) is 9.59 Å². The van der Waals surface area contributed by atoms with Crippen LogP contribution in [0, 0.1) is 0 Å². The van der Waals surface area contributed by atoms with Crippen LogP contribution in [0.4, 0.5) is 22.7 Å². The number of aromatic hydroxyl groups is 2. The molecule has 0 saturated heterocycles. The van der Waals surface area contributed by atoms with Crippen LogP contribution in [0.1, 0.15) is 55.3 Å². The van der Waals surface area contributed by atoms with Crippen LogP contribution in [-0.4, -0.2) is 71.1 Å². The highest BCUT2D eigenvalue weighted by molar-refractivity contribution is 6.10. The third kappa shape index (κ3) is 9.08. The van der Waals surface area contributed by atoms with Gasteiger partial charge in [-0.1, -0.05) is 0 Å². The number of anilines is 4. The van der Waals surface area contributed by atoms with Gasteiger partial charge in [0.05, 0.1) is 36.7 Å². The molecule has 0 aromatic heterocycles. The fourth-order valence-corrected chi connectivity index (χ4v) is 4.62. The molecule has 0 heterocycles. The number of hydrogen-bond donors (Lipinski definition) is 8. The SMILES string of the molecule is CCOc1c(NC(=O)c2ccc(NC(=O)c3ccc(NC(=O)CNC(=O)c4ccc(NC=O)cc4)cc3)c(OCC)c2O)ccc(C(=O)O)c1O. The van der Waals surface area contributed by atoms with Crippen molar-refractivity contribution in [2.45, 2.75) is 13.8 Å². The number of hydrogen-bond acceptors (Lipinski definition) is 10. The number of carboxylic acids is 1. The zero-order valence-corrected chi connectivity index (χ0v) is 27.2. The van der Waals surface area contributed by atoms with Gasteiger partial charge in [-0.25, -0.2) is 4.79 Å². The van der Waals surface area contributed by atoms with Crippen LogP contribution in [0.15, 0.2) is 72.8 Å². The second-order valence-corrected chi connectivity index (χ2v) is 10.4. The van der Waals surface area contributed by atoms with Crippen molar-refractivity contribution >= 4 is 58.8 Å². The highest BCUT2D eigenvalue weighted by Gasteiger charge is 2.24. The topological polar surface area (TPSA) is 242 Å². The molecule has 0 spiro atoms. The number of nitrogens with one attached hydrogen (secondary N) is 5. The molecule has 0 unspecified atom stereocenters. The van der Waals surface area contributed by atoms with Gasteiger partial charge in [-0.05, 0) is 86.6 Å². The van der Waals surface area contributed by atoms with Crippen molar-refractivity contribution in [3.05, 3.63) is 95.1 Å². The fraction of sp³-hybridized carbons (Fsp3) is 0.143. The lowest BCUT2D eigenvalue weighted by molar-refractivity contribution is -0.115. The summed E-state index contributed by atoms with van der Waals surface area (Å²) in [6.45, 7) is 3.00. The maximum Gasteiger partial charge on any atom is 0.339 e. The number of carboxylic acid groups (broad SMARTS) is 1. The highest BCUT2D eigenvalue weighted by Crippen LogP contribution is 2.41. The summed E-state index contributed by atoms with van der Waals surface area (Å²) >= 11 is 0. The Balaban J connectivity index is 1.41. The number of carbonyl (C=O) groups excluding carboxylic acids is 5. The van der Waals surface area contributed by atoms with E-state index in [1.54, 1.807) is 13.8 Å². The van der Waals surface area contributed by atoms with Gasteiger partial charge in [0, 0.05) is 22.5 Å². The first-order valence-electron chi connectivity index (χ1n) is 15.3. The number of carbonyl (C=O) groups is 6. The lowest BCUT2D eigenvalue weighted by atomic mass is 10.1. The van der Waals surface area contributed by atoms with E-state index in [9.17, 15) is 44.1 Å². The molecule has 0 aliphatic heterocycles. The third-order valence-electron chi connectivity index (χ3n) is 7.02. The van der Waals surface area contributed by atoms with E-state index in [1.807, 2.05) is 0 Å². The zero-order chi connectivity index (χ0) is 37.1. The molecular formula is C35H33N5O11. The van der Waals surface area contributed by atoms with Gasteiger partial charge in [-0.2, -0.15) is 0 Å². The molecule has 4 rings (SSSR count). The number of rotatable bonds is 15. The average molecular weight is 700 g/mol. The number of benzene rings is 4. The van der Waals surface area contributed by atoms with E-state index in [4.69, 9.17) is 9.47 Å². The summed E-state index contributed by atoms with van der Waals surface area (Å²) in [5.41, 5.74) is 0.594. The lowest BCUT2D eigenvalue weighted by Gasteiger charge is -2.17. The van der Waals surface area contributed by atoms with Gasteiger partial charge < -0.3 is 51.4 Å². The number of phenols is 2. The van der Waals surface area contributed by atoms with E-state index in [-0.39, 0.29) is 59.3 Å². The molecule has 0 aliphatic carbocycles. The molecule has 16 heteroatoms. The van der Waals surface area contributed by atoms with Crippen LogP contribution in [0.5, 0.6) is 23.0 Å². The summed E-state index contributed by atoms with van der Waals surface area (Å²) in [7, 11) is 0. The maximum atomic E-state index is 13.2. The van der Waals surface area contributed by atoms with Crippen molar-refractivity contribution in [2.75, 3.05) is 41.0 Å². The van der Waals surface area contributed by atoms with Crippen LogP contribution < -0.4 is 36.1 Å². The molecule has 0 saturated carbocycles. The molecule has 264 valence electrons. The summed E-state index contributed by atoms with van der Waals surface area (Å²) in [6.07, 6.45) is 0.509. The largest absolute Gasteiger partial charge is 0.504 e. The third-order valence-corrected chi connectivity index (χ3v) is 7.02. The fourth-order valence-electron chi connectivity index (χ4n) is 4.62. The van der Waals surface area contributed by atoms with Gasteiger partial charge in [-0.3, -0.25) is 24.0 Å². The van der Waals surface area contributed by atoms with Crippen LogP contribution in [0.2, 0.25) is 0 Å². The van der Waals surface area contributed by atoms with Gasteiger partial charge in [-0.15, -0.1) is 0 Å². The minimum atomic E-state index is -1.40. The number of ether oxygens (including phenoxy) is 2. The van der Waals surface area contributed by atoms with Crippen molar-refractivity contribution in [3.8, 4) is 23.0 Å². The van der Waals surface area contributed by atoms with Crippen molar-refractivity contribution < 1.29 is 53.6 Å². The Hall–Kier alpha value is -7.10. The predicted octanol–water partition coefficient (Wildman–Crippen LogP) is 4.03. The van der Waals surface area contributed by atoms with E-state index in [0.29, 0.717) is 17.8 Å². The Morgan fingerprint density at radius 3 is 1.65 bits per heavy atom. The molecule has 0 atom stereocenters. The van der Waals surface area contributed by atoms with E-state index in [0.717, 1.165) is 6.07 Å². The molecule has 0 aliphatic rings. The summed E-state index contributed by atoms with van der Waals surface area (Å²) in [5.74, 6) is -5.65. The molecule has 51 heavy (non-hydrogen) atoms. The molecule has 5 amide bonds. The van der Waals surface area contributed by atoms with Crippen molar-refractivity contribution in [2.24, 2.45) is 0 Å². The second kappa shape index (κ2) is 16.8. The smallest absolute Gasteiger partial charge is 0.339 e. The van der Waals surface area contributed by atoms with Gasteiger partial charge in [0.15, 0.2) is 23.0 Å². The number of amides is 5. The molecule has 0 fully saturated rings. The molecule has 0 bridgehead atoms. The summed E-state index contributed by atoms with van der Waals surface area (Å²) in [5, 5.41) is 43.3. The first kappa shape index (κ1) is 36.7. The van der Waals surface area contributed by atoms with Crippen LogP contribution in [0.3, 0.4) is 0 Å². The molecule has 16 nitrogen and oxygen atoms in total. The van der Waals surface area contributed by atoms with Crippen molar-refractivity contribution in [1.29, 1.82) is 0 Å². The molecule has 4 aromatic carbocycles. The Morgan fingerprint density at radius 1 is 0.627 bits per heavy atom. The minimum absolute atomic E-state index is 0.0390. The highest BCUT2D eigenvalue weighted by atomic mass is 16.5.